The number of benzene rings is 1. The van der Waals surface area contributed by atoms with E-state index in [9.17, 15) is 9.59 Å². The average Bonchev–Trinajstić information content (AvgIpc) is 2.89. The van der Waals surface area contributed by atoms with E-state index in [0.29, 0.717) is 19.9 Å². The number of carbonyl (C=O) groups excluding carboxylic acids is 2. The quantitative estimate of drug-likeness (QED) is 0.696. The van der Waals surface area contributed by atoms with Gasteiger partial charge in [-0.1, -0.05) is 25.7 Å². The second-order valence-electron chi connectivity index (χ2n) is 8.68. The predicted molar refractivity (Wildman–Crippen MR) is 113 cm³/mol. The van der Waals surface area contributed by atoms with Crippen LogP contribution in [0.15, 0.2) is 12.1 Å². The standard InChI is InChI=1S/C23H33N3O4/c1-3-29-19-13-17-9-12-25(15-18(17)14-20(19)30-4-2)16-26-21(27)23(24-22(26)28)10-7-5-6-8-11-23/h13-14H,3-12,15-16H2,1-2H3,(H,24,28)/p+1. The Morgan fingerprint density at radius 3 is 2.27 bits per heavy atom. The third kappa shape index (κ3) is 4.00. The summed E-state index contributed by atoms with van der Waals surface area (Å²) in [4.78, 5) is 28.6. The lowest BCUT2D eigenvalue weighted by atomic mass is 9.90. The zero-order valence-electron chi connectivity index (χ0n) is 18.2. The molecule has 1 spiro atoms. The summed E-state index contributed by atoms with van der Waals surface area (Å²) >= 11 is 0. The number of nitrogens with zero attached hydrogens (tertiary/aromatic N) is 1. The van der Waals surface area contributed by atoms with Crippen molar-refractivity contribution < 1.29 is 24.0 Å². The molecule has 1 atom stereocenters. The highest BCUT2D eigenvalue weighted by Gasteiger charge is 2.51. The Bertz CT molecular complexity index is 802. The maximum Gasteiger partial charge on any atom is 0.329 e. The summed E-state index contributed by atoms with van der Waals surface area (Å²) in [5.74, 6) is 1.55. The van der Waals surface area contributed by atoms with Gasteiger partial charge in [-0.3, -0.25) is 4.79 Å². The molecule has 1 unspecified atom stereocenters. The third-order valence-electron chi connectivity index (χ3n) is 6.64. The van der Waals surface area contributed by atoms with Gasteiger partial charge in [0.25, 0.3) is 5.91 Å². The molecule has 1 saturated carbocycles. The summed E-state index contributed by atoms with van der Waals surface area (Å²) in [6.07, 6.45) is 6.73. The van der Waals surface area contributed by atoms with Crippen molar-refractivity contribution in [1.82, 2.24) is 10.2 Å². The van der Waals surface area contributed by atoms with Crippen LogP contribution in [0.3, 0.4) is 0 Å². The summed E-state index contributed by atoms with van der Waals surface area (Å²) in [5, 5.41) is 3.05. The first-order chi connectivity index (χ1) is 14.6. The van der Waals surface area contributed by atoms with Crippen LogP contribution in [0, 0.1) is 0 Å². The van der Waals surface area contributed by atoms with E-state index in [1.807, 2.05) is 13.8 Å². The van der Waals surface area contributed by atoms with Crippen LogP contribution in [0.25, 0.3) is 0 Å². The van der Waals surface area contributed by atoms with Crippen molar-refractivity contribution in [3.05, 3.63) is 23.3 Å². The van der Waals surface area contributed by atoms with E-state index in [1.165, 1.54) is 20.9 Å². The first-order valence-electron chi connectivity index (χ1n) is 11.5. The molecule has 2 aliphatic heterocycles. The van der Waals surface area contributed by atoms with Gasteiger partial charge in [-0.2, -0.15) is 0 Å². The van der Waals surface area contributed by atoms with Crippen LogP contribution < -0.4 is 19.7 Å². The number of fused-ring (bicyclic) bond motifs is 1. The van der Waals surface area contributed by atoms with Gasteiger partial charge in [0.1, 0.15) is 12.1 Å². The monoisotopic (exact) mass is 416 g/mol. The summed E-state index contributed by atoms with van der Waals surface area (Å²) in [7, 11) is 0. The highest BCUT2D eigenvalue weighted by molar-refractivity contribution is 6.06. The number of imide groups is 1. The van der Waals surface area contributed by atoms with Crippen molar-refractivity contribution in [3.63, 3.8) is 0 Å². The van der Waals surface area contributed by atoms with Crippen molar-refractivity contribution in [1.29, 1.82) is 0 Å². The molecule has 1 saturated heterocycles. The lowest BCUT2D eigenvalue weighted by Gasteiger charge is -2.30. The molecule has 3 aliphatic rings. The van der Waals surface area contributed by atoms with Gasteiger partial charge in [0, 0.05) is 12.0 Å². The Morgan fingerprint density at radius 2 is 1.63 bits per heavy atom. The van der Waals surface area contributed by atoms with E-state index in [-0.39, 0.29) is 11.9 Å². The first kappa shape index (κ1) is 21.0. The number of hydrogen-bond donors (Lipinski definition) is 2. The van der Waals surface area contributed by atoms with E-state index in [2.05, 4.69) is 17.4 Å². The molecular weight excluding hydrogens is 382 g/mol. The number of amides is 3. The molecule has 1 aromatic carbocycles. The fraction of sp³-hybridized carbons (Fsp3) is 0.652. The molecule has 164 valence electrons. The van der Waals surface area contributed by atoms with Crippen molar-refractivity contribution in [2.24, 2.45) is 0 Å². The van der Waals surface area contributed by atoms with E-state index in [0.717, 1.165) is 69.5 Å². The molecule has 0 radical (unpaired) electrons. The minimum Gasteiger partial charge on any atom is -0.490 e. The number of hydrogen-bond acceptors (Lipinski definition) is 4. The van der Waals surface area contributed by atoms with Crippen LogP contribution >= 0.6 is 0 Å². The third-order valence-corrected chi connectivity index (χ3v) is 6.64. The number of ether oxygens (including phenoxy) is 2. The Labute approximate surface area is 178 Å². The van der Waals surface area contributed by atoms with Crippen LogP contribution in [0.4, 0.5) is 4.79 Å². The van der Waals surface area contributed by atoms with Gasteiger partial charge >= 0.3 is 6.03 Å². The van der Waals surface area contributed by atoms with Gasteiger partial charge < -0.3 is 19.7 Å². The number of quaternary nitrogens is 1. The molecule has 4 rings (SSSR count). The van der Waals surface area contributed by atoms with Crippen LogP contribution in [0.1, 0.15) is 63.5 Å². The SMILES string of the molecule is CCOc1cc2c(cc1OCC)C[NH+](CN1C(=O)NC3(CCCCCC3)C1=O)CC2. The minimum atomic E-state index is -0.657. The molecule has 7 heteroatoms. The van der Waals surface area contributed by atoms with Gasteiger partial charge in [0.05, 0.1) is 19.8 Å². The minimum absolute atomic E-state index is 0.0191. The number of nitrogens with one attached hydrogen (secondary N) is 2. The molecule has 3 amide bonds. The van der Waals surface area contributed by atoms with E-state index in [1.54, 1.807) is 0 Å². The largest absolute Gasteiger partial charge is 0.490 e. The van der Waals surface area contributed by atoms with Gasteiger partial charge in [-0.05, 0) is 44.4 Å². The molecule has 1 aliphatic carbocycles. The van der Waals surface area contributed by atoms with Crippen molar-refractivity contribution in [2.45, 2.75) is 70.9 Å². The Kier molecular flexibility index (Phi) is 6.18. The fourth-order valence-corrected chi connectivity index (χ4v) is 5.10. The van der Waals surface area contributed by atoms with Crippen molar-refractivity contribution >= 4 is 11.9 Å². The van der Waals surface area contributed by atoms with Gasteiger partial charge in [-0.25, -0.2) is 9.69 Å². The zero-order chi connectivity index (χ0) is 21.1. The Hall–Kier alpha value is -2.28. The normalized spacial score (nSPS) is 23.1. The number of rotatable bonds is 6. The zero-order valence-corrected chi connectivity index (χ0v) is 18.2. The van der Waals surface area contributed by atoms with Crippen LogP contribution in [0.5, 0.6) is 11.5 Å². The summed E-state index contributed by atoms with van der Waals surface area (Å²) in [6.45, 7) is 7.20. The average molecular weight is 417 g/mol. The van der Waals surface area contributed by atoms with Gasteiger partial charge in [0.15, 0.2) is 18.2 Å². The highest BCUT2D eigenvalue weighted by Crippen LogP contribution is 2.33. The summed E-state index contributed by atoms with van der Waals surface area (Å²) < 4.78 is 11.5. The van der Waals surface area contributed by atoms with Gasteiger partial charge in [-0.15, -0.1) is 0 Å². The lowest BCUT2D eigenvalue weighted by molar-refractivity contribution is -0.923. The molecule has 2 fully saturated rings. The fourth-order valence-electron chi connectivity index (χ4n) is 5.10. The molecule has 7 nitrogen and oxygen atoms in total. The molecule has 2 heterocycles. The second-order valence-corrected chi connectivity index (χ2v) is 8.68. The van der Waals surface area contributed by atoms with Crippen molar-refractivity contribution in [2.75, 3.05) is 26.4 Å². The summed E-state index contributed by atoms with van der Waals surface area (Å²) in [5.41, 5.74) is 1.82. The lowest BCUT2D eigenvalue weighted by Crippen LogP contribution is -3.13. The van der Waals surface area contributed by atoms with Crippen LogP contribution in [0.2, 0.25) is 0 Å². The molecule has 2 N–H and O–H groups in total. The molecular formula is C23H34N3O4+. The maximum absolute atomic E-state index is 13.2. The molecule has 0 aromatic heterocycles. The van der Waals surface area contributed by atoms with E-state index >= 15 is 0 Å². The molecule has 30 heavy (non-hydrogen) atoms. The second kappa shape index (κ2) is 8.84. The topological polar surface area (TPSA) is 72.3 Å². The van der Waals surface area contributed by atoms with Crippen LogP contribution in [-0.2, 0) is 17.8 Å². The Balaban J connectivity index is 1.48. The maximum atomic E-state index is 13.2. The summed E-state index contributed by atoms with van der Waals surface area (Å²) in [6, 6.07) is 3.94. The molecule has 1 aromatic rings. The molecule has 0 bridgehead atoms. The van der Waals surface area contributed by atoms with Gasteiger partial charge in [0.2, 0.25) is 0 Å². The van der Waals surface area contributed by atoms with E-state index < -0.39 is 5.54 Å². The first-order valence-corrected chi connectivity index (χ1v) is 11.5. The number of carbonyl (C=O) groups is 2. The Morgan fingerprint density at radius 1 is 1.00 bits per heavy atom. The predicted octanol–water partition coefficient (Wildman–Crippen LogP) is 2.03. The van der Waals surface area contributed by atoms with Crippen molar-refractivity contribution in [3.8, 4) is 11.5 Å². The van der Waals surface area contributed by atoms with E-state index in [4.69, 9.17) is 9.47 Å². The number of urea groups is 1. The smallest absolute Gasteiger partial charge is 0.329 e. The highest BCUT2D eigenvalue weighted by atomic mass is 16.5. The van der Waals surface area contributed by atoms with Crippen LogP contribution in [-0.4, -0.2) is 48.8 Å².